The van der Waals surface area contributed by atoms with Crippen LogP contribution in [0.5, 0.6) is 5.75 Å². The molecular weight excluding hydrogens is 608 g/mol. The van der Waals surface area contributed by atoms with Gasteiger partial charge in [-0.3, -0.25) is 29.3 Å². The number of hydrogen-bond acceptors (Lipinski definition) is 12. The highest BCUT2D eigenvalue weighted by Crippen LogP contribution is 2.53. The topological polar surface area (TPSA) is 231 Å². The fourth-order valence-electron chi connectivity index (χ4n) is 6.41. The van der Waals surface area contributed by atoms with Crippen LogP contribution in [-0.4, -0.2) is 95.6 Å². The SMILES string of the molecule is CN(C)c1ccc(O)c2c1CC1CC3[C@H](N(C)C)C(=O)C(C(=O)NN)=C(O)[C@@]3(O)C(=O)C1=C2O.Cc1ccc(S(=O)(=O)O)cc1. The van der Waals surface area contributed by atoms with Gasteiger partial charge < -0.3 is 25.3 Å². The Morgan fingerprint density at radius 2 is 1.62 bits per heavy atom. The molecule has 0 saturated heterocycles. The maximum absolute atomic E-state index is 13.8. The van der Waals surface area contributed by atoms with Gasteiger partial charge in [-0.2, -0.15) is 8.42 Å². The van der Waals surface area contributed by atoms with E-state index in [1.54, 1.807) is 37.7 Å². The van der Waals surface area contributed by atoms with Gasteiger partial charge in [-0.15, -0.1) is 0 Å². The van der Waals surface area contributed by atoms with E-state index in [9.17, 15) is 43.2 Å². The lowest BCUT2D eigenvalue weighted by atomic mass is 9.57. The molecule has 2 aromatic rings. The number of amides is 1. The van der Waals surface area contributed by atoms with Crippen LogP contribution in [0.15, 0.2) is 58.2 Å². The number of aromatic hydroxyl groups is 1. The van der Waals surface area contributed by atoms with Gasteiger partial charge in [0.05, 0.1) is 16.5 Å². The maximum atomic E-state index is 13.8. The molecule has 0 aliphatic heterocycles. The molecule has 0 spiro atoms. The molecule has 1 amide bonds. The molecule has 0 radical (unpaired) electrons. The summed E-state index contributed by atoms with van der Waals surface area (Å²) in [6.45, 7) is 1.84. The van der Waals surface area contributed by atoms with Crippen molar-refractivity contribution < 1.29 is 47.8 Å². The zero-order chi connectivity index (χ0) is 33.8. The van der Waals surface area contributed by atoms with Crippen molar-refractivity contribution in [1.82, 2.24) is 10.3 Å². The van der Waals surface area contributed by atoms with E-state index in [0.29, 0.717) is 5.56 Å². The Morgan fingerprint density at radius 1 is 1.02 bits per heavy atom. The van der Waals surface area contributed by atoms with Crippen molar-refractivity contribution in [3.8, 4) is 5.75 Å². The van der Waals surface area contributed by atoms with Crippen LogP contribution in [0.1, 0.15) is 23.1 Å². The normalized spacial score (nSPS) is 24.3. The van der Waals surface area contributed by atoms with Crippen molar-refractivity contribution in [2.75, 3.05) is 33.1 Å². The van der Waals surface area contributed by atoms with E-state index < -0.39 is 68.2 Å². The highest BCUT2D eigenvalue weighted by atomic mass is 32.2. The summed E-state index contributed by atoms with van der Waals surface area (Å²) in [5.41, 5.74) is 0.551. The monoisotopic (exact) mass is 644 g/mol. The molecule has 15 heteroatoms. The van der Waals surface area contributed by atoms with Crippen molar-refractivity contribution in [2.24, 2.45) is 17.7 Å². The summed E-state index contributed by atoms with van der Waals surface area (Å²) in [6.07, 6.45) is 0.309. The Labute approximate surface area is 259 Å². The second kappa shape index (κ2) is 11.9. The second-order valence-corrected chi connectivity index (χ2v) is 13.1. The molecule has 4 atom stereocenters. The number of likely N-dealkylation sites (N-methyl/N-ethyl adjacent to an activating group) is 1. The molecule has 3 aliphatic rings. The summed E-state index contributed by atoms with van der Waals surface area (Å²) in [7, 11) is 2.73. The predicted molar refractivity (Wildman–Crippen MR) is 163 cm³/mol. The number of benzene rings is 2. The van der Waals surface area contributed by atoms with Gasteiger partial charge in [0.25, 0.3) is 16.0 Å². The van der Waals surface area contributed by atoms with E-state index in [4.69, 9.17) is 10.4 Å². The number of hydrogen-bond donors (Lipinski definition) is 7. The van der Waals surface area contributed by atoms with Gasteiger partial charge in [-0.05, 0) is 69.6 Å². The summed E-state index contributed by atoms with van der Waals surface area (Å²) < 4.78 is 29.6. The van der Waals surface area contributed by atoms with Crippen LogP contribution in [0.2, 0.25) is 0 Å². The molecule has 242 valence electrons. The number of nitrogens with two attached hydrogens (primary N) is 1. The third kappa shape index (κ3) is 5.57. The average molecular weight is 645 g/mol. The summed E-state index contributed by atoms with van der Waals surface area (Å²) in [6, 6.07) is 7.98. The number of aliphatic hydroxyl groups excluding tert-OH is 2. The number of fused-ring (bicyclic) bond motifs is 3. The van der Waals surface area contributed by atoms with E-state index in [-0.39, 0.29) is 34.6 Å². The molecule has 0 aromatic heterocycles. The largest absolute Gasteiger partial charge is 0.508 e. The zero-order valence-corrected chi connectivity index (χ0v) is 26.1. The lowest BCUT2D eigenvalue weighted by molar-refractivity contribution is -0.153. The second-order valence-electron chi connectivity index (χ2n) is 11.7. The molecule has 1 fully saturated rings. The molecular formula is C30H36N4O10S. The molecule has 1 saturated carbocycles. The van der Waals surface area contributed by atoms with Crippen LogP contribution in [0, 0.1) is 18.8 Å². The summed E-state index contributed by atoms with van der Waals surface area (Å²) in [4.78, 5) is 42.5. The maximum Gasteiger partial charge on any atom is 0.294 e. The number of aliphatic hydroxyl groups is 3. The van der Waals surface area contributed by atoms with Crippen molar-refractivity contribution in [1.29, 1.82) is 0 Å². The average Bonchev–Trinajstić information content (AvgIpc) is 2.94. The van der Waals surface area contributed by atoms with Crippen LogP contribution < -0.4 is 16.2 Å². The van der Waals surface area contributed by atoms with Gasteiger partial charge in [0.15, 0.2) is 11.4 Å². The highest BCUT2D eigenvalue weighted by molar-refractivity contribution is 7.85. The van der Waals surface area contributed by atoms with Gasteiger partial charge in [-0.1, -0.05) is 17.7 Å². The number of ketones is 2. The van der Waals surface area contributed by atoms with Gasteiger partial charge in [0, 0.05) is 31.3 Å². The Bertz CT molecular complexity index is 1750. The first-order valence-electron chi connectivity index (χ1n) is 13.8. The van der Waals surface area contributed by atoms with Gasteiger partial charge in [-0.25, -0.2) is 5.84 Å². The molecule has 0 heterocycles. The first-order chi connectivity index (χ1) is 20.9. The Hall–Kier alpha value is -4.28. The van der Waals surface area contributed by atoms with Crippen LogP contribution in [-0.2, 0) is 30.9 Å². The summed E-state index contributed by atoms with van der Waals surface area (Å²) >= 11 is 0. The molecule has 45 heavy (non-hydrogen) atoms. The molecule has 8 N–H and O–H groups in total. The zero-order valence-electron chi connectivity index (χ0n) is 25.3. The fraction of sp³-hybridized carbons (Fsp3) is 0.367. The third-order valence-electron chi connectivity index (χ3n) is 8.49. The van der Waals surface area contributed by atoms with Gasteiger partial charge in [0.1, 0.15) is 22.8 Å². The Kier molecular flexibility index (Phi) is 8.89. The summed E-state index contributed by atoms with van der Waals surface area (Å²) in [5.74, 6) is -1.29. The van der Waals surface area contributed by atoms with Crippen LogP contribution in [0.25, 0.3) is 5.76 Å². The molecule has 2 unspecified atom stereocenters. The number of aryl methyl sites for hydroxylation is 1. The first kappa shape index (κ1) is 33.6. The summed E-state index contributed by atoms with van der Waals surface area (Å²) in [5, 5.41) is 44.2. The number of phenolic OH excluding ortho intramolecular Hbond substituents is 1. The number of hydrazine groups is 1. The molecule has 14 nitrogen and oxygen atoms in total. The van der Waals surface area contributed by atoms with Gasteiger partial charge in [0.2, 0.25) is 5.78 Å². The van der Waals surface area contributed by atoms with E-state index in [1.807, 2.05) is 25.9 Å². The predicted octanol–water partition coefficient (Wildman–Crippen LogP) is 0.776. The minimum Gasteiger partial charge on any atom is -0.508 e. The molecule has 3 aliphatic carbocycles. The van der Waals surface area contributed by atoms with Crippen LogP contribution in [0.4, 0.5) is 5.69 Å². The number of nitrogens with one attached hydrogen (secondary N) is 1. The number of phenols is 1. The molecule has 0 bridgehead atoms. The van der Waals surface area contributed by atoms with Crippen molar-refractivity contribution >= 4 is 39.0 Å². The van der Waals surface area contributed by atoms with Crippen molar-refractivity contribution in [3.05, 3.63) is 70.0 Å². The van der Waals surface area contributed by atoms with Crippen molar-refractivity contribution in [3.63, 3.8) is 0 Å². The van der Waals surface area contributed by atoms with E-state index in [2.05, 4.69) is 0 Å². The fourth-order valence-corrected chi connectivity index (χ4v) is 6.89. The Balaban J connectivity index is 0.000000354. The van der Waals surface area contributed by atoms with E-state index >= 15 is 0 Å². The number of carbonyl (C=O) groups is 3. The van der Waals surface area contributed by atoms with Crippen LogP contribution >= 0.6 is 0 Å². The highest BCUT2D eigenvalue weighted by Gasteiger charge is 2.64. The lowest BCUT2D eigenvalue weighted by Crippen LogP contribution is -2.66. The smallest absolute Gasteiger partial charge is 0.294 e. The first-order valence-corrected chi connectivity index (χ1v) is 15.2. The van der Waals surface area contributed by atoms with Crippen molar-refractivity contribution in [2.45, 2.75) is 36.3 Å². The minimum absolute atomic E-state index is 0.0553. The molecule has 5 rings (SSSR count). The quantitative estimate of drug-likeness (QED) is 0.0803. The number of carbonyl (C=O) groups excluding carboxylic acids is 3. The lowest BCUT2D eigenvalue weighted by Gasteiger charge is -2.50. The standard InChI is InChI=1S/C23H28N4O7.C7H8O3S/c1-26(2)12-5-6-13(28)15-10(12)7-9-8-11-17(27(3)4)19(30)16(22(33)25-24)21(32)23(11,34)20(31)14(9)18(15)29;1-6-2-4-7(5-3-6)11(8,9)10/h5-6,9,11,17,28-29,32,34H,7-8,24H2,1-4H3,(H,25,33);2-5H,1H3,(H,8,9,10)/t9?,11?,17-,23-;/m0./s1. The van der Waals surface area contributed by atoms with Gasteiger partial charge >= 0.3 is 0 Å². The number of rotatable bonds is 4. The number of Topliss-reactive ketones (excluding diaryl/α,β-unsaturated/α-hetero) is 2. The number of anilines is 1. The Morgan fingerprint density at radius 3 is 2.13 bits per heavy atom. The molecule has 2 aromatic carbocycles. The van der Waals surface area contributed by atoms with Crippen LogP contribution in [0.3, 0.4) is 0 Å². The van der Waals surface area contributed by atoms with E-state index in [0.717, 1.165) is 11.3 Å². The minimum atomic E-state index is -4.02. The number of nitrogens with zero attached hydrogens (tertiary/aromatic N) is 2. The van der Waals surface area contributed by atoms with E-state index in [1.165, 1.54) is 23.1 Å². The third-order valence-corrected chi connectivity index (χ3v) is 9.36.